The third-order valence-electron chi connectivity index (χ3n) is 2.22. The molecule has 0 aliphatic heterocycles. The molecule has 0 saturated carbocycles. The summed E-state index contributed by atoms with van der Waals surface area (Å²) in [5.74, 6) is 0.0668. The van der Waals surface area contributed by atoms with E-state index in [1.165, 1.54) is 12.3 Å². The van der Waals surface area contributed by atoms with Crippen molar-refractivity contribution in [2.75, 3.05) is 11.5 Å². The van der Waals surface area contributed by atoms with Crippen LogP contribution in [0.2, 0.25) is 0 Å². The molecule has 0 bridgehead atoms. The Hall–Kier alpha value is -1.37. The highest BCUT2D eigenvalue weighted by Crippen LogP contribution is 1.94. The number of sulfone groups is 1. The molecular formula is C9H14N2O4S. The van der Waals surface area contributed by atoms with Gasteiger partial charge >= 0.3 is 5.69 Å². The van der Waals surface area contributed by atoms with Gasteiger partial charge in [-0.15, -0.1) is 0 Å². The number of hydrogen-bond donors (Lipinski definition) is 1. The van der Waals surface area contributed by atoms with Gasteiger partial charge in [-0.3, -0.25) is 9.36 Å². The summed E-state index contributed by atoms with van der Waals surface area (Å²) in [5, 5.41) is 0. The van der Waals surface area contributed by atoms with Gasteiger partial charge in [-0.05, 0) is 6.42 Å². The van der Waals surface area contributed by atoms with E-state index in [0.717, 1.165) is 4.57 Å². The molecule has 90 valence electrons. The van der Waals surface area contributed by atoms with Gasteiger partial charge in [0.05, 0.1) is 5.75 Å². The maximum Gasteiger partial charge on any atom is 0.328 e. The summed E-state index contributed by atoms with van der Waals surface area (Å²) in [4.78, 5) is 24.8. The molecular weight excluding hydrogens is 232 g/mol. The number of H-pyrrole nitrogens is 1. The Kier molecular flexibility index (Phi) is 4.05. The van der Waals surface area contributed by atoms with E-state index in [9.17, 15) is 18.0 Å². The standard InChI is InChI=1S/C9H14N2O4S/c1-2-16(14,15)7-3-6-11-8(12)4-5-10-9(11)13/h4-5H,2-3,6-7H2,1H3,(H,10,13). The number of nitrogens with one attached hydrogen (secondary N) is 1. The van der Waals surface area contributed by atoms with Gasteiger partial charge in [0, 0.05) is 24.6 Å². The number of aromatic nitrogens is 2. The number of hydrogen-bond acceptors (Lipinski definition) is 4. The van der Waals surface area contributed by atoms with Crippen molar-refractivity contribution >= 4 is 9.84 Å². The minimum atomic E-state index is -3.04. The zero-order valence-corrected chi connectivity index (χ0v) is 9.79. The van der Waals surface area contributed by atoms with Crippen LogP contribution in [0.25, 0.3) is 0 Å². The average Bonchev–Trinajstić information content (AvgIpc) is 2.22. The lowest BCUT2D eigenvalue weighted by Gasteiger charge is -2.03. The van der Waals surface area contributed by atoms with Crippen molar-refractivity contribution in [3.05, 3.63) is 33.1 Å². The lowest BCUT2D eigenvalue weighted by atomic mass is 10.4. The fourth-order valence-electron chi connectivity index (χ4n) is 1.25. The van der Waals surface area contributed by atoms with Crippen LogP contribution in [0.1, 0.15) is 13.3 Å². The second-order valence-electron chi connectivity index (χ2n) is 3.36. The Morgan fingerprint density at radius 1 is 1.38 bits per heavy atom. The summed E-state index contributed by atoms with van der Waals surface area (Å²) in [6, 6.07) is 1.23. The van der Waals surface area contributed by atoms with Crippen molar-refractivity contribution in [3.8, 4) is 0 Å². The molecule has 0 atom stereocenters. The fraction of sp³-hybridized carbons (Fsp3) is 0.556. The fourth-order valence-corrected chi connectivity index (χ4v) is 2.11. The summed E-state index contributed by atoms with van der Waals surface area (Å²) < 4.78 is 23.4. The van der Waals surface area contributed by atoms with Crippen LogP contribution >= 0.6 is 0 Å². The Morgan fingerprint density at radius 2 is 2.06 bits per heavy atom. The van der Waals surface area contributed by atoms with Crippen LogP contribution in [-0.2, 0) is 16.4 Å². The molecule has 1 heterocycles. The Labute approximate surface area is 92.9 Å². The van der Waals surface area contributed by atoms with Gasteiger partial charge in [0.25, 0.3) is 5.56 Å². The molecule has 6 nitrogen and oxygen atoms in total. The zero-order valence-electron chi connectivity index (χ0n) is 8.97. The van der Waals surface area contributed by atoms with Crippen molar-refractivity contribution in [2.24, 2.45) is 0 Å². The molecule has 0 radical (unpaired) electrons. The quantitative estimate of drug-likeness (QED) is 0.748. The van der Waals surface area contributed by atoms with Crippen LogP contribution in [0.5, 0.6) is 0 Å². The lowest BCUT2D eigenvalue weighted by Crippen LogP contribution is -2.34. The third kappa shape index (κ3) is 3.34. The first-order valence-electron chi connectivity index (χ1n) is 4.95. The second kappa shape index (κ2) is 5.11. The van der Waals surface area contributed by atoms with E-state index < -0.39 is 21.1 Å². The van der Waals surface area contributed by atoms with E-state index in [1.807, 2.05) is 0 Å². The minimum Gasteiger partial charge on any atom is -0.314 e. The van der Waals surface area contributed by atoms with Crippen LogP contribution in [0, 0.1) is 0 Å². The molecule has 0 amide bonds. The molecule has 0 aliphatic rings. The third-order valence-corrected chi connectivity index (χ3v) is 4.01. The minimum absolute atomic E-state index is 0.00965. The van der Waals surface area contributed by atoms with Crippen molar-refractivity contribution < 1.29 is 8.42 Å². The van der Waals surface area contributed by atoms with Crippen molar-refractivity contribution in [2.45, 2.75) is 19.9 Å². The predicted octanol–water partition coefficient (Wildman–Crippen LogP) is -0.639. The molecule has 0 aliphatic carbocycles. The largest absolute Gasteiger partial charge is 0.328 e. The van der Waals surface area contributed by atoms with Crippen LogP contribution < -0.4 is 11.2 Å². The lowest BCUT2D eigenvalue weighted by molar-refractivity contribution is 0.578. The maximum atomic E-state index is 11.3. The first kappa shape index (κ1) is 12.7. The maximum absolute atomic E-state index is 11.3. The molecule has 0 aromatic carbocycles. The second-order valence-corrected chi connectivity index (χ2v) is 5.84. The molecule has 0 saturated heterocycles. The van der Waals surface area contributed by atoms with Gasteiger partial charge in [-0.1, -0.05) is 6.92 Å². The van der Waals surface area contributed by atoms with Gasteiger partial charge in [-0.25, -0.2) is 13.2 Å². The molecule has 1 aromatic heterocycles. The highest BCUT2D eigenvalue weighted by atomic mass is 32.2. The Bertz CT molecular complexity index is 527. The number of nitrogens with zero attached hydrogens (tertiary/aromatic N) is 1. The first-order valence-corrected chi connectivity index (χ1v) is 6.77. The van der Waals surface area contributed by atoms with Gasteiger partial charge in [0.1, 0.15) is 9.84 Å². The molecule has 16 heavy (non-hydrogen) atoms. The molecule has 1 N–H and O–H groups in total. The smallest absolute Gasteiger partial charge is 0.314 e. The van der Waals surface area contributed by atoms with E-state index in [1.54, 1.807) is 6.92 Å². The summed E-state index contributed by atoms with van der Waals surface area (Å²) in [6.45, 7) is 1.69. The highest BCUT2D eigenvalue weighted by molar-refractivity contribution is 7.91. The molecule has 1 rings (SSSR count). The summed E-state index contributed by atoms with van der Waals surface area (Å²) in [5.41, 5.74) is -0.931. The van der Waals surface area contributed by atoms with Gasteiger partial charge in [-0.2, -0.15) is 0 Å². The van der Waals surface area contributed by atoms with Gasteiger partial charge in [0.2, 0.25) is 0 Å². The molecule has 1 aromatic rings. The van der Waals surface area contributed by atoms with Gasteiger partial charge < -0.3 is 4.98 Å². The van der Waals surface area contributed by atoms with E-state index in [0.29, 0.717) is 0 Å². The summed E-state index contributed by atoms with van der Waals surface area (Å²) in [7, 11) is -3.04. The molecule has 0 fully saturated rings. The normalized spacial score (nSPS) is 11.6. The van der Waals surface area contributed by atoms with Crippen molar-refractivity contribution in [1.82, 2.24) is 9.55 Å². The van der Waals surface area contributed by atoms with E-state index in [-0.39, 0.29) is 24.5 Å². The Morgan fingerprint density at radius 3 is 2.62 bits per heavy atom. The topological polar surface area (TPSA) is 89.0 Å². The van der Waals surface area contributed by atoms with Crippen LogP contribution in [-0.4, -0.2) is 29.5 Å². The molecule has 7 heteroatoms. The van der Waals surface area contributed by atoms with Gasteiger partial charge in [0.15, 0.2) is 0 Å². The number of rotatable bonds is 5. The SMILES string of the molecule is CCS(=O)(=O)CCCn1c(=O)cc[nH]c1=O. The molecule has 0 unspecified atom stereocenters. The van der Waals surface area contributed by atoms with Crippen LogP contribution in [0.15, 0.2) is 21.9 Å². The van der Waals surface area contributed by atoms with Crippen molar-refractivity contribution in [3.63, 3.8) is 0 Å². The average molecular weight is 246 g/mol. The number of aromatic amines is 1. The highest BCUT2D eigenvalue weighted by Gasteiger charge is 2.07. The van der Waals surface area contributed by atoms with Crippen LogP contribution in [0.4, 0.5) is 0 Å². The van der Waals surface area contributed by atoms with Crippen LogP contribution in [0.3, 0.4) is 0 Å². The molecule has 0 spiro atoms. The van der Waals surface area contributed by atoms with Crippen molar-refractivity contribution in [1.29, 1.82) is 0 Å². The van der Waals surface area contributed by atoms with E-state index >= 15 is 0 Å². The first-order chi connectivity index (χ1) is 7.46. The summed E-state index contributed by atoms with van der Waals surface area (Å²) >= 11 is 0. The van der Waals surface area contributed by atoms with E-state index in [4.69, 9.17) is 0 Å². The Balaban J connectivity index is 2.70. The zero-order chi connectivity index (χ0) is 12.2. The summed E-state index contributed by atoms with van der Waals surface area (Å²) in [6.07, 6.45) is 1.53. The predicted molar refractivity (Wildman–Crippen MR) is 60.3 cm³/mol. The van der Waals surface area contributed by atoms with E-state index in [2.05, 4.69) is 4.98 Å². The monoisotopic (exact) mass is 246 g/mol.